The Bertz CT molecular complexity index is 440. The lowest BCUT2D eigenvalue weighted by molar-refractivity contribution is -0.387. The SMILES string of the molecule is [C-]#[N+]CCc1cc(F)c([N+](=O)[O-])cc1F. The van der Waals surface area contributed by atoms with E-state index in [2.05, 4.69) is 4.85 Å². The van der Waals surface area contributed by atoms with Crippen LogP contribution in [0.3, 0.4) is 0 Å². The minimum atomic E-state index is -1.08. The molecule has 1 rings (SSSR count). The summed E-state index contributed by atoms with van der Waals surface area (Å²) in [5.41, 5.74) is -0.909. The molecule has 0 aliphatic carbocycles. The van der Waals surface area contributed by atoms with Crippen LogP contribution in [0.4, 0.5) is 14.5 Å². The Kier molecular flexibility index (Phi) is 3.29. The van der Waals surface area contributed by atoms with Crippen LogP contribution < -0.4 is 0 Å². The van der Waals surface area contributed by atoms with Gasteiger partial charge in [0.05, 0.1) is 11.0 Å². The monoisotopic (exact) mass is 212 g/mol. The van der Waals surface area contributed by atoms with Crippen molar-refractivity contribution in [3.05, 3.63) is 50.9 Å². The summed E-state index contributed by atoms with van der Waals surface area (Å²) in [5.74, 6) is -1.94. The molecule has 1 aromatic carbocycles. The molecule has 0 amide bonds. The van der Waals surface area contributed by atoms with Crippen molar-refractivity contribution < 1.29 is 13.7 Å². The molecule has 78 valence electrons. The molecule has 0 heterocycles. The Balaban J connectivity index is 3.09. The summed E-state index contributed by atoms with van der Waals surface area (Å²) in [6.45, 7) is 6.51. The maximum Gasteiger partial charge on any atom is 0.307 e. The van der Waals surface area contributed by atoms with Crippen molar-refractivity contribution in [2.24, 2.45) is 0 Å². The molecule has 0 bridgehead atoms. The Hall–Kier alpha value is -2.03. The van der Waals surface area contributed by atoms with Gasteiger partial charge in [0.1, 0.15) is 5.82 Å². The van der Waals surface area contributed by atoms with Gasteiger partial charge in [-0.25, -0.2) is 11.0 Å². The van der Waals surface area contributed by atoms with E-state index in [0.717, 1.165) is 6.07 Å². The highest BCUT2D eigenvalue weighted by atomic mass is 19.1. The first-order valence-corrected chi connectivity index (χ1v) is 4.01. The van der Waals surface area contributed by atoms with Crippen molar-refractivity contribution in [3.63, 3.8) is 0 Å². The van der Waals surface area contributed by atoms with Gasteiger partial charge in [0.15, 0.2) is 0 Å². The van der Waals surface area contributed by atoms with Crippen LogP contribution in [0.5, 0.6) is 0 Å². The molecule has 0 atom stereocenters. The van der Waals surface area contributed by atoms with Crippen molar-refractivity contribution in [1.82, 2.24) is 0 Å². The fourth-order valence-electron chi connectivity index (χ4n) is 1.09. The van der Waals surface area contributed by atoms with Crippen LogP contribution in [-0.4, -0.2) is 11.5 Å². The zero-order valence-corrected chi connectivity index (χ0v) is 7.54. The van der Waals surface area contributed by atoms with Gasteiger partial charge in [0, 0.05) is 6.42 Å². The first-order chi connectivity index (χ1) is 7.06. The molecule has 0 aromatic heterocycles. The largest absolute Gasteiger partial charge is 0.317 e. The highest BCUT2D eigenvalue weighted by Gasteiger charge is 2.18. The van der Waals surface area contributed by atoms with Crippen molar-refractivity contribution in [3.8, 4) is 0 Å². The van der Waals surface area contributed by atoms with Gasteiger partial charge >= 0.3 is 5.69 Å². The molecule has 1 aromatic rings. The number of halogens is 2. The summed E-state index contributed by atoms with van der Waals surface area (Å²) in [6, 6.07) is 1.30. The number of benzene rings is 1. The molecule has 0 aliphatic heterocycles. The Labute approximate surface area is 84.1 Å². The third kappa shape index (κ3) is 2.47. The average Bonchev–Trinajstić information content (AvgIpc) is 2.18. The summed E-state index contributed by atoms with van der Waals surface area (Å²) in [7, 11) is 0. The van der Waals surface area contributed by atoms with Crippen LogP contribution in [0.25, 0.3) is 4.85 Å². The molecule has 0 unspecified atom stereocenters. The van der Waals surface area contributed by atoms with E-state index in [9.17, 15) is 18.9 Å². The first kappa shape index (κ1) is 11.0. The van der Waals surface area contributed by atoms with Crippen molar-refractivity contribution in [2.45, 2.75) is 6.42 Å². The standard InChI is InChI=1S/C9H6F2N2O2/c1-12-3-2-6-4-8(11)9(13(14)15)5-7(6)10/h4-5H,2-3H2. The quantitative estimate of drug-likeness (QED) is 0.438. The van der Waals surface area contributed by atoms with Gasteiger partial charge in [-0.05, 0) is 11.6 Å². The van der Waals surface area contributed by atoms with E-state index in [4.69, 9.17) is 6.57 Å². The van der Waals surface area contributed by atoms with Crippen LogP contribution >= 0.6 is 0 Å². The molecule has 0 saturated carbocycles. The van der Waals surface area contributed by atoms with Crippen LogP contribution in [0.15, 0.2) is 12.1 Å². The lowest BCUT2D eigenvalue weighted by atomic mass is 10.1. The van der Waals surface area contributed by atoms with Gasteiger partial charge in [-0.2, -0.15) is 4.39 Å². The van der Waals surface area contributed by atoms with E-state index in [1.54, 1.807) is 0 Å². The second kappa shape index (κ2) is 4.46. The smallest absolute Gasteiger partial charge is 0.307 e. The highest BCUT2D eigenvalue weighted by Crippen LogP contribution is 2.21. The lowest BCUT2D eigenvalue weighted by Crippen LogP contribution is -1.99. The molecule has 0 saturated heterocycles. The van der Waals surface area contributed by atoms with E-state index >= 15 is 0 Å². The van der Waals surface area contributed by atoms with Crippen LogP contribution in [-0.2, 0) is 6.42 Å². The summed E-state index contributed by atoms with van der Waals surface area (Å²) >= 11 is 0. The predicted molar refractivity (Wildman–Crippen MR) is 48.2 cm³/mol. The molecular formula is C9H6F2N2O2. The number of nitro groups is 1. The Morgan fingerprint density at radius 3 is 2.60 bits per heavy atom. The third-order valence-corrected chi connectivity index (χ3v) is 1.81. The Morgan fingerprint density at radius 2 is 2.07 bits per heavy atom. The zero-order chi connectivity index (χ0) is 11.4. The minimum absolute atomic E-state index is 0.0194. The van der Waals surface area contributed by atoms with Crippen LogP contribution in [0, 0.1) is 28.3 Å². The molecule has 4 nitrogen and oxygen atoms in total. The molecule has 6 heteroatoms. The van der Waals surface area contributed by atoms with Gasteiger partial charge in [0.2, 0.25) is 12.4 Å². The van der Waals surface area contributed by atoms with E-state index in [-0.39, 0.29) is 18.5 Å². The molecule has 0 fully saturated rings. The lowest BCUT2D eigenvalue weighted by Gasteiger charge is -2.00. The number of hydrogen-bond acceptors (Lipinski definition) is 2. The number of nitrogens with zero attached hydrogens (tertiary/aromatic N) is 2. The van der Waals surface area contributed by atoms with Gasteiger partial charge in [-0.3, -0.25) is 10.1 Å². The second-order valence-electron chi connectivity index (χ2n) is 2.78. The molecule has 0 N–H and O–H groups in total. The summed E-state index contributed by atoms with van der Waals surface area (Å²) < 4.78 is 26.2. The van der Waals surface area contributed by atoms with Crippen molar-refractivity contribution >= 4 is 5.69 Å². The number of nitro benzene ring substituents is 1. The van der Waals surface area contributed by atoms with E-state index in [1.165, 1.54) is 0 Å². The predicted octanol–water partition coefficient (Wildman–Crippen LogP) is 2.33. The first-order valence-electron chi connectivity index (χ1n) is 4.01. The molecule has 0 aliphatic rings. The maximum absolute atomic E-state index is 13.1. The minimum Gasteiger partial charge on any atom is -0.317 e. The van der Waals surface area contributed by atoms with Crippen LogP contribution in [0.1, 0.15) is 5.56 Å². The van der Waals surface area contributed by atoms with Gasteiger partial charge in [-0.15, -0.1) is 0 Å². The molecule has 0 radical (unpaired) electrons. The highest BCUT2D eigenvalue weighted by molar-refractivity contribution is 5.36. The van der Waals surface area contributed by atoms with Gasteiger partial charge < -0.3 is 4.85 Å². The summed E-state index contributed by atoms with van der Waals surface area (Å²) in [6.07, 6.45) is 0.0459. The summed E-state index contributed by atoms with van der Waals surface area (Å²) in [4.78, 5) is 12.2. The third-order valence-electron chi connectivity index (χ3n) is 1.81. The Morgan fingerprint density at radius 1 is 1.40 bits per heavy atom. The van der Waals surface area contributed by atoms with Crippen molar-refractivity contribution in [1.29, 1.82) is 0 Å². The molecular weight excluding hydrogens is 206 g/mol. The fourth-order valence-corrected chi connectivity index (χ4v) is 1.09. The van der Waals surface area contributed by atoms with Crippen molar-refractivity contribution in [2.75, 3.05) is 6.54 Å². The molecule has 0 spiro atoms. The van der Waals surface area contributed by atoms with Gasteiger partial charge in [0.25, 0.3) is 0 Å². The van der Waals surface area contributed by atoms with E-state index in [1.807, 2.05) is 0 Å². The topological polar surface area (TPSA) is 47.5 Å². The average molecular weight is 212 g/mol. The van der Waals surface area contributed by atoms with E-state index < -0.39 is 22.2 Å². The zero-order valence-electron chi connectivity index (χ0n) is 7.54. The van der Waals surface area contributed by atoms with E-state index in [0.29, 0.717) is 6.07 Å². The second-order valence-corrected chi connectivity index (χ2v) is 2.78. The number of hydrogen-bond donors (Lipinski definition) is 0. The maximum atomic E-state index is 13.1. The summed E-state index contributed by atoms with van der Waals surface area (Å²) in [5, 5.41) is 10.2. The van der Waals surface area contributed by atoms with Gasteiger partial charge in [-0.1, -0.05) is 0 Å². The fraction of sp³-hybridized carbons (Fsp3) is 0.222. The molecule has 15 heavy (non-hydrogen) atoms. The van der Waals surface area contributed by atoms with Crippen LogP contribution in [0.2, 0.25) is 0 Å². The number of rotatable bonds is 3. The normalized spacial score (nSPS) is 9.67.